The van der Waals surface area contributed by atoms with Crippen molar-refractivity contribution in [3.05, 3.63) is 72.9 Å². The largest absolute Gasteiger partial charge is 0.506 e. The number of esters is 1. The summed E-state index contributed by atoms with van der Waals surface area (Å²) < 4.78 is 14.6. The zero-order valence-electron chi connectivity index (χ0n) is 15.5. The van der Waals surface area contributed by atoms with Crippen molar-refractivity contribution in [2.24, 2.45) is 0 Å². The highest BCUT2D eigenvalue weighted by atomic mass is 127. The van der Waals surface area contributed by atoms with E-state index in [2.05, 4.69) is 57.4 Å². The van der Waals surface area contributed by atoms with Crippen LogP contribution in [0.1, 0.15) is 27.0 Å². The topological polar surface area (TPSA) is 99.8 Å². The Bertz CT molecular complexity index is 1290. The average molecular weight is 895 g/mol. The molecule has 3 N–H and O–H groups in total. The van der Waals surface area contributed by atoms with Crippen LogP contribution in [0.15, 0.2) is 36.4 Å². The predicted octanol–water partition coefficient (Wildman–Crippen LogP) is 6.75. The molecule has 0 saturated heterocycles. The minimum absolute atomic E-state index is 0.103. The Morgan fingerprint density at radius 1 is 0.906 bits per heavy atom. The number of rotatable bonds is 0. The standard InChI is InChI=1S/C20H8I4O5.CHNS/c21-11-5-9-17(13(23)15(11)25)28-18-10(6-12(22)16(26)14(18)24)20(9)8-4-2-1-3-7(8)19(27)29-20;2-1-3/h1-6,25-26H;2H. The molecule has 32 heavy (non-hydrogen) atoms. The number of carbonyl (C=O) groups excluding carboxylic acids is 1. The first-order chi connectivity index (χ1) is 15.2. The lowest BCUT2D eigenvalue weighted by Crippen LogP contribution is -2.34. The van der Waals surface area contributed by atoms with Crippen molar-refractivity contribution in [3.63, 3.8) is 0 Å². The summed E-state index contributed by atoms with van der Waals surface area (Å²) in [6.07, 6.45) is 0. The Hall–Kier alpha value is -0.750. The van der Waals surface area contributed by atoms with Gasteiger partial charge in [-0.3, -0.25) is 0 Å². The number of aromatic hydroxyl groups is 2. The van der Waals surface area contributed by atoms with Gasteiger partial charge in [0.25, 0.3) is 0 Å². The summed E-state index contributed by atoms with van der Waals surface area (Å²) in [6, 6.07) is 10.9. The maximum absolute atomic E-state index is 12.9. The second-order valence-corrected chi connectivity index (χ2v) is 11.3. The number of halogens is 4. The minimum atomic E-state index is -1.22. The van der Waals surface area contributed by atoms with Gasteiger partial charge in [0, 0.05) is 5.56 Å². The van der Waals surface area contributed by atoms with Gasteiger partial charge in [0.2, 0.25) is 0 Å². The van der Waals surface area contributed by atoms with Crippen molar-refractivity contribution in [1.82, 2.24) is 0 Å². The van der Waals surface area contributed by atoms with Crippen LogP contribution in [0, 0.1) is 19.7 Å². The molecule has 0 unspecified atom stereocenters. The monoisotopic (exact) mass is 895 g/mol. The van der Waals surface area contributed by atoms with Crippen LogP contribution in [0.2, 0.25) is 0 Å². The molecule has 162 valence electrons. The molecule has 0 saturated carbocycles. The Labute approximate surface area is 242 Å². The van der Waals surface area contributed by atoms with Gasteiger partial charge < -0.3 is 19.7 Å². The van der Waals surface area contributed by atoms with Crippen molar-refractivity contribution in [2.45, 2.75) is 5.60 Å². The molecule has 5 rings (SSSR count). The summed E-state index contributed by atoms with van der Waals surface area (Å²) in [4.78, 5) is 12.9. The number of isothiocyanates is 1. The van der Waals surface area contributed by atoms with Crippen LogP contribution in [0.25, 0.3) is 0 Å². The van der Waals surface area contributed by atoms with Gasteiger partial charge >= 0.3 is 5.97 Å². The van der Waals surface area contributed by atoms with Crippen LogP contribution >= 0.6 is 103 Å². The lowest BCUT2D eigenvalue weighted by Gasteiger charge is -2.37. The SMILES string of the molecule is N=C=S.O=C1OC2(c3ccccc31)c1cc(I)c(O)c(I)c1Oc1c2cc(I)c(O)c1I. The lowest BCUT2D eigenvalue weighted by molar-refractivity contribution is 0.0222. The first-order valence-electron chi connectivity index (χ1n) is 8.66. The van der Waals surface area contributed by atoms with Crippen LogP contribution in [0.5, 0.6) is 23.0 Å². The van der Waals surface area contributed by atoms with E-state index in [0.717, 1.165) is 0 Å². The Morgan fingerprint density at radius 2 is 1.38 bits per heavy atom. The minimum Gasteiger partial charge on any atom is -0.506 e. The maximum atomic E-state index is 12.9. The van der Waals surface area contributed by atoms with Crippen LogP contribution in [-0.2, 0) is 10.3 Å². The van der Waals surface area contributed by atoms with E-state index in [1.165, 1.54) is 0 Å². The number of benzene rings is 3. The second kappa shape index (κ2) is 9.13. The van der Waals surface area contributed by atoms with Gasteiger partial charge in [0.05, 0.1) is 36.1 Å². The molecular formula is C21H9I4NO5S. The van der Waals surface area contributed by atoms with Gasteiger partial charge in [0.15, 0.2) is 17.1 Å². The van der Waals surface area contributed by atoms with Gasteiger partial charge in [-0.25, -0.2) is 10.2 Å². The fourth-order valence-electron chi connectivity index (χ4n) is 3.77. The molecule has 2 aliphatic heterocycles. The van der Waals surface area contributed by atoms with Gasteiger partial charge in [-0.1, -0.05) is 18.2 Å². The molecule has 0 fully saturated rings. The van der Waals surface area contributed by atoms with Crippen LogP contribution < -0.4 is 4.74 Å². The maximum Gasteiger partial charge on any atom is 0.340 e. The van der Waals surface area contributed by atoms with E-state index in [1.807, 2.05) is 57.3 Å². The third kappa shape index (κ3) is 3.54. The van der Waals surface area contributed by atoms with Gasteiger partial charge in [-0.15, -0.1) is 0 Å². The van der Waals surface area contributed by atoms with Crippen molar-refractivity contribution < 1.29 is 24.5 Å². The van der Waals surface area contributed by atoms with Crippen molar-refractivity contribution in [1.29, 1.82) is 5.41 Å². The number of carbonyl (C=O) groups is 1. The molecule has 0 aliphatic carbocycles. The van der Waals surface area contributed by atoms with E-state index >= 15 is 0 Å². The Morgan fingerprint density at radius 3 is 1.88 bits per heavy atom. The van der Waals surface area contributed by atoms with Gasteiger partial charge in [-0.2, -0.15) is 0 Å². The van der Waals surface area contributed by atoms with Crippen molar-refractivity contribution >= 4 is 114 Å². The third-order valence-corrected chi connectivity index (χ3v) is 8.68. The first kappa shape index (κ1) is 24.4. The molecule has 1 spiro atoms. The quantitative estimate of drug-likeness (QED) is 0.100. The summed E-state index contributed by atoms with van der Waals surface area (Å²) >= 11 is 12.0. The molecule has 2 heterocycles. The molecule has 0 radical (unpaired) electrons. The van der Waals surface area contributed by atoms with E-state index < -0.39 is 11.6 Å². The second-order valence-electron chi connectivity index (χ2n) is 6.62. The van der Waals surface area contributed by atoms with Crippen molar-refractivity contribution in [3.8, 4) is 23.0 Å². The molecular weight excluding hydrogens is 886 g/mol. The molecule has 6 nitrogen and oxygen atoms in total. The summed E-state index contributed by atoms with van der Waals surface area (Å²) in [5.41, 5.74) is 1.27. The summed E-state index contributed by atoms with van der Waals surface area (Å²) in [7, 11) is 0. The molecule has 0 aromatic heterocycles. The zero-order chi connectivity index (χ0) is 23.4. The van der Waals surface area contributed by atoms with E-state index in [9.17, 15) is 15.0 Å². The molecule has 0 atom stereocenters. The smallest absolute Gasteiger partial charge is 0.340 e. The number of thiocarbonyl (C=S) groups is 1. The number of phenols is 2. The average Bonchev–Trinajstić information content (AvgIpc) is 3.06. The number of hydrogen-bond donors (Lipinski definition) is 3. The van der Waals surface area contributed by atoms with E-state index in [-0.39, 0.29) is 11.5 Å². The number of nitrogens with one attached hydrogen (secondary N) is 1. The van der Waals surface area contributed by atoms with E-state index in [4.69, 9.17) is 14.9 Å². The van der Waals surface area contributed by atoms with Crippen molar-refractivity contribution in [2.75, 3.05) is 0 Å². The summed E-state index contributed by atoms with van der Waals surface area (Å²) in [5.74, 6) is 0.616. The van der Waals surface area contributed by atoms with E-state index in [0.29, 0.717) is 48.0 Å². The molecule has 0 bridgehead atoms. The van der Waals surface area contributed by atoms with Gasteiger partial charge in [0.1, 0.15) is 11.5 Å². The number of fused-ring (bicyclic) bond motifs is 6. The van der Waals surface area contributed by atoms with Crippen LogP contribution in [0.4, 0.5) is 0 Å². The van der Waals surface area contributed by atoms with E-state index in [1.54, 1.807) is 29.4 Å². The molecule has 2 aliphatic rings. The molecule has 0 amide bonds. The normalized spacial score (nSPS) is 14.2. The number of ether oxygens (including phenoxy) is 2. The number of hydrogen-bond acceptors (Lipinski definition) is 7. The number of phenolic OH excluding ortho intramolecular Hbond substituents is 2. The Kier molecular flexibility index (Phi) is 6.95. The summed E-state index contributed by atoms with van der Waals surface area (Å²) in [6.45, 7) is 0. The lowest BCUT2D eigenvalue weighted by atomic mass is 9.77. The third-order valence-electron chi connectivity index (χ3n) is 5.03. The highest BCUT2D eigenvalue weighted by Crippen LogP contribution is 2.60. The Balaban J connectivity index is 0.000000775. The molecule has 3 aromatic carbocycles. The molecule has 11 heteroatoms. The zero-order valence-corrected chi connectivity index (χ0v) is 24.9. The van der Waals surface area contributed by atoms with Gasteiger partial charge in [-0.05, 0) is 121 Å². The fourth-order valence-corrected chi connectivity index (χ4v) is 7.35. The van der Waals surface area contributed by atoms with Crippen LogP contribution in [-0.4, -0.2) is 21.3 Å². The summed E-state index contributed by atoms with van der Waals surface area (Å²) in [5, 5.41) is 28.4. The molecule has 3 aromatic rings. The van der Waals surface area contributed by atoms with Crippen LogP contribution in [0.3, 0.4) is 0 Å². The fraction of sp³-hybridized carbons (Fsp3) is 0.0476. The first-order valence-corrected chi connectivity index (χ1v) is 13.4. The predicted molar refractivity (Wildman–Crippen MR) is 154 cm³/mol. The highest BCUT2D eigenvalue weighted by Gasteiger charge is 2.55. The highest BCUT2D eigenvalue weighted by molar-refractivity contribution is 14.1.